The molecule has 104 valence electrons. The van der Waals surface area contributed by atoms with Crippen LogP contribution in [0.3, 0.4) is 0 Å². The van der Waals surface area contributed by atoms with Gasteiger partial charge < -0.3 is 10.0 Å². The predicted octanol–water partition coefficient (Wildman–Crippen LogP) is 1.99. The molecule has 1 aromatic carbocycles. The molecular weight excluding hydrogens is 243 g/mol. The molecule has 0 aliphatic carbocycles. The maximum atomic E-state index is 13.3. The summed E-state index contributed by atoms with van der Waals surface area (Å²) in [6, 6.07) is 5.77. The minimum absolute atomic E-state index is 0.106. The summed E-state index contributed by atoms with van der Waals surface area (Å²) in [6.45, 7) is 5.36. The van der Waals surface area contributed by atoms with Gasteiger partial charge in [-0.15, -0.1) is 0 Å². The quantitative estimate of drug-likeness (QED) is 0.885. The average molecular weight is 264 g/mol. The Morgan fingerprint density at radius 1 is 1.37 bits per heavy atom. The molecule has 2 fully saturated rings. The normalized spacial score (nSPS) is 27.6. The molecule has 0 aromatic heterocycles. The van der Waals surface area contributed by atoms with Gasteiger partial charge >= 0.3 is 0 Å². The van der Waals surface area contributed by atoms with Crippen molar-refractivity contribution in [3.8, 4) is 0 Å². The number of anilines is 1. The van der Waals surface area contributed by atoms with Gasteiger partial charge in [0.1, 0.15) is 5.82 Å². The first-order valence-corrected chi connectivity index (χ1v) is 7.09. The van der Waals surface area contributed by atoms with Crippen LogP contribution in [0.15, 0.2) is 18.2 Å². The van der Waals surface area contributed by atoms with E-state index >= 15 is 0 Å². The number of aliphatic hydroxyl groups excluding tert-OH is 1. The lowest BCUT2D eigenvalue weighted by molar-refractivity contribution is 0.202. The predicted molar refractivity (Wildman–Crippen MR) is 73.7 cm³/mol. The summed E-state index contributed by atoms with van der Waals surface area (Å²) in [5.74, 6) is -0.278. The smallest absolute Gasteiger partial charge is 0.123 e. The van der Waals surface area contributed by atoms with Gasteiger partial charge in [-0.2, -0.15) is 0 Å². The van der Waals surface area contributed by atoms with Crippen LogP contribution in [-0.4, -0.2) is 41.7 Å². The maximum absolute atomic E-state index is 13.3. The molecule has 0 spiro atoms. The Kier molecular flexibility index (Phi) is 3.46. The maximum Gasteiger partial charge on any atom is 0.123 e. The minimum Gasteiger partial charge on any atom is -0.392 e. The van der Waals surface area contributed by atoms with E-state index < -0.39 is 0 Å². The average Bonchev–Trinajstić information content (AvgIpc) is 2.85. The van der Waals surface area contributed by atoms with E-state index in [0.717, 1.165) is 18.8 Å². The molecule has 2 atom stereocenters. The molecule has 3 rings (SSSR count). The van der Waals surface area contributed by atoms with Crippen molar-refractivity contribution >= 4 is 5.69 Å². The number of benzene rings is 1. The van der Waals surface area contributed by atoms with Crippen LogP contribution in [0.2, 0.25) is 0 Å². The number of aliphatic hydroxyl groups is 1. The number of piperazine rings is 1. The lowest BCUT2D eigenvalue weighted by Crippen LogP contribution is -2.55. The summed E-state index contributed by atoms with van der Waals surface area (Å²) in [5.41, 5.74) is 1.68. The number of hydrogen-bond acceptors (Lipinski definition) is 3. The van der Waals surface area contributed by atoms with Gasteiger partial charge in [0.2, 0.25) is 0 Å². The van der Waals surface area contributed by atoms with Crippen LogP contribution in [-0.2, 0) is 6.61 Å². The van der Waals surface area contributed by atoms with E-state index in [2.05, 4.69) is 16.7 Å². The van der Waals surface area contributed by atoms with Gasteiger partial charge in [-0.25, -0.2) is 4.39 Å². The summed E-state index contributed by atoms with van der Waals surface area (Å²) in [6.07, 6.45) is 2.53. The van der Waals surface area contributed by atoms with Crippen molar-refractivity contribution < 1.29 is 9.50 Å². The van der Waals surface area contributed by atoms with Crippen molar-refractivity contribution in [3.63, 3.8) is 0 Å². The highest BCUT2D eigenvalue weighted by Crippen LogP contribution is 2.31. The molecule has 1 N–H and O–H groups in total. The molecule has 19 heavy (non-hydrogen) atoms. The second-order valence-corrected chi connectivity index (χ2v) is 5.72. The topological polar surface area (TPSA) is 26.7 Å². The Hall–Kier alpha value is -1.13. The summed E-state index contributed by atoms with van der Waals surface area (Å²) in [5, 5.41) is 9.44. The molecule has 2 heterocycles. The number of halogens is 1. The monoisotopic (exact) mass is 264 g/mol. The zero-order chi connectivity index (χ0) is 13.4. The fourth-order valence-electron chi connectivity index (χ4n) is 3.48. The largest absolute Gasteiger partial charge is 0.392 e. The molecule has 0 bridgehead atoms. The Labute approximate surface area is 113 Å². The molecule has 1 aromatic rings. The molecule has 2 unspecified atom stereocenters. The summed E-state index contributed by atoms with van der Waals surface area (Å²) >= 11 is 0. The van der Waals surface area contributed by atoms with Crippen molar-refractivity contribution in [3.05, 3.63) is 29.6 Å². The van der Waals surface area contributed by atoms with Gasteiger partial charge in [0, 0.05) is 36.4 Å². The summed E-state index contributed by atoms with van der Waals surface area (Å²) in [7, 11) is 0. The van der Waals surface area contributed by atoms with Gasteiger partial charge in [-0.05, 0) is 44.5 Å². The van der Waals surface area contributed by atoms with Gasteiger partial charge in [0.05, 0.1) is 6.61 Å². The number of rotatable bonds is 2. The molecule has 2 aliphatic heterocycles. The van der Waals surface area contributed by atoms with Crippen LogP contribution >= 0.6 is 0 Å². The standard InChI is InChI=1S/C15H21FN2O/c1-11-8-17-6-2-3-14(17)9-18(11)15-5-4-13(16)7-12(15)10-19/h4-5,7,11,14,19H,2-3,6,8-10H2,1H3. The van der Waals surface area contributed by atoms with Gasteiger partial charge in [0.15, 0.2) is 0 Å². The molecule has 0 saturated carbocycles. The molecule has 2 saturated heterocycles. The van der Waals surface area contributed by atoms with E-state index in [1.807, 2.05) is 6.07 Å². The zero-order valence-electron chi connectivity index (χ0n) is 11.3. The van der Waals surface area contributed by atoms with E-state index in [4.69, 9.17) is 0 Å². The fraction of sp³-hybridized carbons (Fsp3) is 0.600. The highest BCUT2D eigenvalue weighted by molar-refractivity contribution is 5.55. The highest BCUT2D eigenvalue weighted by Gasteiger charge is 2.34. The minimum atomic E-state index is -0.278. The Morgan fingerprint density at radius 3 is 3.00 bits per heavy atom. The third-order valence-corrected chi connectivity index (χ3v) is 4.46. The third kappa shape index (κ3) is 2.35. The van der Waals surface area contributed by atoms with E-state index in [1.54, 1.807) is 0 Å². The first-order chi connectivity index (χ1) is 9.19. The highest BCUT2D eigenvalue weighted by atomic mass is 19.1. The van der Waals surface area contributed by atoms with Crippen molar-refractivity contribution in [1.29, 1.82) is 0 Å². The Balaban J connectivity index is 1.88. The molecule has 4 heteroatoms. The van der Waals surface area contributed by atoms with Crippen LogP contribution in [0.1, 0.15) is 25.3 Å². The SMILES string of the molecule is CC1CN2CCCC2CN1c1ccc(F)cc1CO. The molecule has 3 nitrogen and oxygen atoms in total. The van der Waals surface area contributed by atoms with Crippen LogP contribution in [0, 0.1) is 5.82 Å². The molecule has 2 aliphatic rings. The van der Waals surface area contributed by atoms with E-state index in [0.29, 0.717) is 17.6 Å². The Morgan fingerprint density at radius 2 is 2.21 bits per heavy atom. The van der Waals surface area contributed by atoms with Gasteiger partial charge in [0.25, 0.3) is 0 Å². The number of hydrogen-bond donors (Lipinski definition) is 1. The molecule has 0 radical (unpaired) electrons. The van der Waals surface area contributed by atoms with Crippen molar-refractivity contribution in [2.75, 3.05) is 24.5 Å². The lowest BCUT2D eigenvalue weighted by atomic mass is 10.0. The van der Waals surface area contributed by atoms with Crippen LogP contribution in [0.4, 0.5) is 10.1 Å². The lowest BCUT2D eigenvalue weighted by Gasteiger charge is -2.44. The molecular formula is C15H21FN2O. The van der Waals surface area contributed by atoms with Crippen molar-refractivity contribution in [1.82, 2.24) is 4.90 Å². The van der Waals surface area contributed by atoms with E-state index in [9.17, 15) is 9.50 Å². The van der Waals surface area contributed by atoms with E-state index in [-0.39, 0.29) is 12.4 Å². The fourth-order valence-corrected chi connectivity index (χ4v) is 3.48. The van der Waals surface area contributed by atoms with Crippen molar-refractivity contribution in [2.45, 2.75) is 38.5 Å². The van der Waals surface area contributed by atoms with Gasteiger partial charge in [-0.3, -0.25) is 4.90 Å². The molecule has 0 amide bonds. The second-order valence-electron chi connectivity index (χ2n) is 5.72. The zero-order valence-corrected chi connectivity index (χ0v) is 11.3. The third-order valence-electron chi connectivity index (χ3n) is 4.46. The van der Waals surface area contributed by atoms with Crippen LogP contribution in [0.5, 0.6) is 0 Å². The number of nitrogens with zero attached hydrogens (tertiary/aromatic N) is 2. The number of fused-ring (bicyclic) bond motifs is 1. The first kappa shape index (κ1) is 12.9. The summed E-state index contributed by atoms with van der Waals surface area (Å²) < 4.78 is 13.3. The van der Waals surface area contributed by atoms with Crippen molar-refractivity contribution in [2.24, 2.45) is 0 Å². The summed E-state index contributed by atoms with van der Waals surface area (Å²) in [4.78, 5) is 4.89. The van der Waals surface area contributed by atoms with E-state index in [1.165, 1.54) is 31.5 Å². The second kappa shape index (κ2) is 5.10. The first-order valence-electron chi connectivity index (χ1n) is 7.09. The van der Waals surface area contributed by atoms with Crippen LogP contribution in [0.25, 0.3) is 0 Å². The Bertz CT molecular complexity index is 465. The van der Waals surface area contributed by atoms with Crippen LogP contribution < -0.4 is 4.90 Å². The van der Waals surface area contributed by atoms with Gasteiger partial charge in [-0.1, -0.05) is 0 Å².